The van der Waals surface area contributed by atoms with Crippen molar-refractivity contribution in [1.82, 2.24) is 4.90 Å². The van der Waals surface area contributed by atoms with Gasteiger partial charge in [-0.3, -0.25) is 8.42 Å². The van der Waals surface area contributed by atoms with Crippen LogP contribution in [-0.4, -0.2) is 72.4 Å². The summed E-state index contributed by atoms with van der Waals surface area (Å²) in [6, 6.07) is 0. The van der Waals surface area contributed by atoms with E-state index in [1.54, 1.807) is 0 Å². The van der Waals surface area contributed by atoms with Gasteiger partial charge in [-0.2, -0.15) is 4.79 Å². The zero-order chi connectivity index (χ0) is 21.7. The topological polar surface area (TPSA) is 148 Å². The largest absolute Gasteiger partial charge is 2.00 e. The molecule has 1 aliphatic heterocycles. The molecular weight excluding hydrogens is 468 g/mol. The summed E-state index contributed by atoms with van der Waals surface area (Å²) < 4.78 is 51.4. The standard InChI is InChI=1S/C18H29N3O3.H2O4S.Zn/c1-3-5-9-23-17-14-16(21-7-11-22-12-8-21)18(13-15(17)20-19)24-10-6-4-2;1-5(2,3)4;/h14H,3-13H2,1-2H3;(H2,1,2,3,4);/q;;+2/p-2. The Hall–Kier alpha value is -1.29. The van der Waals surface area contributed by atoms with Crippen molar-refractivity contribution in [2.24, 2.45) is 0 Å². The Morgan fingerprint density at radius 3 is 2.17 bits per heavy atom. The number of allylic oxidation sites excluding steroid dienone is 3. The maximum absolute atomic E-state index is 9.36. The third-order valence-electron chi connectivity index (χ3n) is 4.17. The van der Waals surface area contributed by atoms with Gasteiger partial charge < -0.3 is 33.7 Å². The fourth-order valence-corrected chi connectivity index (χ4v) is 2.69. The third-order valence-corrected chi connectivity index (χ3v) is 4.17. The van der Waals surface area contributed by atoms with Gasteiger partial charge in [-0.15, -0.1) is 0 Å². The Morgan fingerprint density at radius 1 is 1.13 bits per heavy atom. The minimum absolute atomic E-state index is 0. The minimum Gasteiger partial charge on any atom is -0.759 e. The molecule has 0 radical (unpaired) electrons. The molecule has 0 saturated carbocycles. The van der Waals surface area contributed by atoms with Crippen LogP contribution in [0.25, 0.3) is 5.53 Å². The smallest absolute Gasteiger partial charge is 0.759 e. The minimum atomic E-state index is -5.17. The molecule has 0 spiro atoms. The van der Waals surface area contributed by atoms with E-state index in [9.17, 15) is 5.53 Å². The van der Waals surface area contributed by atoms with Crippen LogP contribution in [0.1, 0.15) is 46.0 Å². The van der Waals surface area contributed by atoms with Gasteiger partial charge in [-0.1, -0.05) is 26.7 Å². The predicted molar refractivity (Wildman–Crippen MR) is 103 cm³/mol. The normalized spacial score (nSPS) is 16.6. The first-order chi connectivity index (χ1) is 13.8. The zero-order valence-corrected chi connectivity index (χ0v) is 21.5. The van der Waals surface area contributed by atoms with Crippen molar-refractivity contribution in [1.29, 1.82) is 0 Å². The first-order valence-corrected chi connectivity index (χ1v) is 11.0. The Labute approximate surface area is 191 Å². The van der Waals surface area contributed by atoms with Gasteiger partial charge in [-0.25, -0.2) is 0 Å². The molecule has 10 nitrogen and oxygen atoms in total. The quantitative estimate of drug-likeness (QED) is 0.117. The summed E-state index contributed by atoms with van der Waals surface area (Å²) in [5.74, 6) is 1.51. The predicted octanol–water partition coefficient (Wildman–Crippen LogP) is 1.78. The van der Waals surface area contributed by atoms with Crippen molar-refractivity contribution in [2.45, 2.75) is 46.0 Å². The molecule has 0 aromatic carbocycles. The van der Waals surface area contributed by atoms with Crippen molar-refractivity contribution < 1.29 is 56.0 Å². The number of hydrogen-bond acceptors (Lipinski definition) is 8. The summed E-state index contributed by atoms with van der Waals surface area (Å²) in [4.78, 5) is 5.70. The second-order valence-electron chi connectivity index (χ2n) is 6.45. The number of rotatable bonds is 9. The fraction of sp³-hybridized carbons (Fsp3) is 0.722. The average molecular weight is 497 g/mol. The van der Waals surface area contributed by atoms with Crippen LogP contribution in [0.3, 0.4) is 0 Å². The monoisotopic (exact) mass is 495 g/mol. The molecule has 0 aromatic rings. The summed E-state index contributed by atoms with van der Waals surface area (Å²) >= 11 is 0. The summed E-state index contributed by atoms with van der Waals surface area (Å²) in [6.07, 6.45) is 6.56. The van der Waals surface area contributed by atoms with Crippen LogP contribution < -0.4 is 0 Å². The summed E-state index contributed by atoms with van der Waals surface area (Å²) in [6.45, 7) is 8.67. The van der Waals surface area contributed by atoms with E-state index in [2.05, 4.69) is 23.5 Å². The van der Waals surface area contributed by atoms with E-state index in [0.717, 1.165) is 50.2 Å². The van der Waals surface area contributed by atoms with Gasteiger partial charge in [0.2, 0.25) is 5.76 Å². The number of nitrogens with zero attached hydrogens (tertiary/aromatic N) is 3. The van der Waals surface area contributed by atoms with Crippen LogP contribution in [0, 0.1) is 0 Å². The second-order valence-corrected chi connectivity index (χ2v) is 7.27. The molecule has 2 rings (SSSR count). The van der Waals surface area contributed by atoms with E-state index in [4.69, 9.17) is 31.7 Å². The van der Waals surface area contributed by atoms with Gasteiger partial charge in [0.25, 0.3) is 0 Å². The van der Waals surface area contributed by atoms with Crippen molar-refractivity contribution in [2.75, 3.05) is 39.5 Å². The van der Waals surface area contributed by atoms with E-state index >= 15 is 0 Å². The van der Waals surface area contributed by atoms with Gasteiger partial charge in [0.15, 0.2) is 0 Å². The van der Waals surface area contributed by atoms with Crippen molar-refractivity contribution in [3.05, 3.63) is 28.8 Å². The van der Waals surface area contributed by atoms with Crippen LogP contribution >= 0.6 is 0 Å². The molecule has 1 aliphatic carbocycles. The molecule has 0 N–H and O–H groups in total. The Kier molecular flexibility index (Phi) is 14.8. The number of ether oxygens (including phenoxy) is 3. The van der Waals surface area contributed by atoms with E-state index in [1.165, 1.54) is 0 Å². The maximum Gasteiger partial charge on any atom is 2.00 e. The average Bonchev–Trinajstić information content (AvgIpc) is 2.68. The van der Waals surface area contributed by atoms with Gasteiger partial charge >= 0.3 is 25.2 Å². The van der Waals surface area contributed by atoms with E-state index in [1.807, 2.05) is 6.08 Å². The van der Waals surface area contributed by atoms with Crippen LogP contribution in [0.4, 0.5) is 0 Å². The molecule has 1 saturated heterocycles. The first-order valence-electron chi connectivity index (χ1n) is 9.71. The van der Waals surface area contributed by atoms with Gasteiger partial charge in [0.1, 0.15) is 12.2 Å². The molecule has 0 atom stereocenters. The second kappa shape index (κ2) is 15.5. The summed E-state index contributed by atoms with van der Waals surface area (Å²) in [7, 11) is -5.17. The molecule has 2 aliphatic rings. The van der Waals surface area contributed by atoms with Crippen LogP contribution in [0.2, 0.25) is 0 Å². The molecule has 0 bridgehead atoms. The SMILES string of the molecule is CCCCOC1=CC(N2CCOCC2)=C(OCCCC)CC1=[N+]=[N-].O=S(=O)([O-])[O-].[Zn+2]. The molecule has 12 heteroatoms. The molecule has 0 aromatic heterocycles. The van der Waals surface area contributed by atoms with Crippen LogP contribution in [-0.2, 0) is 44.1 Å². The molecule has 166 valence electrons. The maximum atomic E-state index is 9.36. The molecule has 0 unspecified atom stereocenters. The van der Waals surface area contributed by atoms with Gasteiger partial charge in [0.05, 0.1) is 32.1 Å². The molecular formula is C18H29N3O7SZn. The number of hydrogen-bond donors (Lipinski definition) is 0. The first kappa shape index (κ1) is 28.7. The molecule has 1 fully saturated rings. The van der Waals surface area contributed by atoms with E-state index in [0.29, 0.717) is 44.3 Å². The van der Waals surface area contributed by atoms with Crippen molar-refractivity contribution >= 4 is 16.1 Å². The summed E-state index contributed by atoms with van der Waals surface area (Å²) in [5.41, 5.74) is 10.9. The molecule has 1 heterocycles. The van der Waals surface area contributed by atoms with Crippen molar-refractivity contribution in [3.63, 3.8) is 0 Å². The number of morpholine rings is 1. The molecule has 30 heavy (non-hydrogen) atoms. The Balaban J connectivity index is 0.00000125. The van der Waals surface area contributed by atoms with Crippen molar-refractivity contribution in [3.8, 4) is 0 Å². The van der Waals surface area contributed by atoms with E-state index in [-0.39, 0.29) is 19.5 Å². The fourth-order valence-electron chi connectivity index (χ4n) is 2.69. The Bertz CT molecular complexity index is 720. The van der Waals surface area contributed by atoms with E-state index < -0.39 is 10.4 Å². The zero-order valence-electron chi connectivity index (χ0n) is 17.7. The number of unbranched alkanes of at least 4 members (excludes halogenated alkanes) is 2. The van der Waals surface area contributed by atoms with Crippen LogP contribution in [0.5, 0.6) is 0 Å². The summed E-state index contributed by atoms with van der Waals surface area (Å²) in [5, 5.41) is 0. The molecule has 0 amide bonds. The third kappa shape index (κ3) is 11.8. The van der Waals surface area contributed by atoms with Gasteiger partial charge in [-0.05, 0) is 12.8 Å². The Morgan fingerprint density at radius 2 is 1.67 bits per heavy atom. The van der Waals surface area contributed by atoms with Crippen LogP contribution in [0.15, 0.2) is 23.3 Å². The van der Waals surface area contributed by atoms with Gasteiger partial charge in [0, 0.05) is 29.6 Å².